The van der Waals surface area contributed by atoms with Crippen molar-refractivity contribution in [2.75, 3.05) is 6.61 Å². The Labute approximate surface area is 187 Å². The number of amides is 1. The molecule has 0 heterocycles. The molecule has 1 aliphatic rings. The van der Waals surface area contributed by atoms with Gasteiger partial charge in [-0.25, -0.2) is 9.59 Å². The minimum Gasteiger partial charge on any atom is -0.480 e. The standard InChI is InChI=1S/C25H20F3NO4/c26-25(27,28)21-12-6-1-7-15(21)13-22(23(30)31)29-24(32)33-14-20-18-10-4-2-8-16(18)17-9-3-5-11-19(17)20/h1-12,20,22H,13-14H2,(H,29,32)(H,30,31)/t22-/m1/s1. The van der Waals surface area contributed by atoms with E-state index in [-0.39, 0.29) is 18.1 Å². The molecule has 1 atom stereocenters. The molecule has 0 saturated carbocycles. The number of hydrogen-bond acceptors (Lipinski definition) is 3. The molecule has 3 aromatic carbocycles. The quantitative estimate of drug-likeness (QED) is 0.533. The van der Waals surface area contributed by atoms with Gasteiger partial charge >= 0.3 is 18.2 Å². The first-order valence-electron chi connectivity index (χ1n) is 10.2. The highest BCUT2D eigenvalue weighted by Gasteiger charge is 2.35. The molecule has 0 unspecified atom stereocenters. The third-order valence-corrected chi connectivity index (χ3v) is 5.68. The third-order valence-electron chi connectivity index (χ3n) is 5.68. The summed E-state index contributed by atoms with van der Waals surface area (Å²) in [5.74, 6) is -1.68. The number of benzene rings is 3. The number of fused-ring (bicyclic) bond motifs is 3. The number of nitrogens with one attached hydrogen (secondary N) is 1. The lowest BCUT2D eigenvalue weighted by molar-refractivity contribution is -0.141. The Morgan fingerprint density at radius 1 is 0.909 bits per heavy atom. The highest BCUT2D eigenvalue weighted by atomic mass is 19.4. The molecule has 2 N–H and O–H groups in total. The van der Waals surface area contributed by atoms with Crippen molar-refractivity contribution in [3.05, 3.63) is 95.1 Å². The van der Waals surface area contributed by atoms with Gasteiger partial charge in [0.05, 0.1) is 5.56 Å². The van der Waals surface area contributed by atoms with Gasteiger partial charge in [0.2, 0.25) is 0 Å². The molecule has 1 aliphatic carbocycles. The molecule has 0 aromatic heterocycles. The number of alkyl halides is 3. The number of hydrogen-bond donors (Lipinski definition) is 2. The van der Waals surface area contributed by atoms with Gasteiger partial charge in [-0.15, -0.1) is 0 Å². The Bertz CT molecular complexity index is 1150. The summed E-state index contributed by atoms with van der Waals surface area (Å²) in [6, 6.07) is 18.5. The first-order chi connectivity index (χ1) is 15.8. The Morgan fingerprint density at radius 2 is 1.45 bits per heavy atom. The minimum absolute atomic E-state index is 0.0364. The smallest absolute Gasteiger partial charge is 0.416 e. The van der Waals surface area contributed by atoms with E-state index >= 15 is 0 Å². The van der Waals surface area contributed by atoms with Gasteiger partial charge in [0, 0.05) is 12.3 Å². The Kier molecular flexibility index (Phi) is 6.09. The molecular formula is C25H20F3NO4. The highest BCUT2D eigenvalue weighted by Crippen LogP contribution is 2.44. The number of carboxylic acid groups (broad SMARTS) is 1. The van der Waals surface area contributed by atoms with Crippen LogP contribution >= 0.6 is 0 Å². The highest BCUT2D eigenvalue weighted by molar-refractivity contribution is 5.81. The predicted molar refractivity (Wildman–Crippen MR) is 115 cm³/mol. The van der Waals surface area contributed by atoms with Crippen LogP contribution in [0.4, 0.5) is 18.0 Å². The summed E-state index contributed by atoms with van der Waals surface area (Å²) < 4.78 is 45.0. The normalized spacial score (nSPS) is 13.7. The van der Waals surface area contributed by atoms with Gasteiger partial charge in [-0.05, 0) is 33.9 Å². The van der Waals surface area contributed by atoms with Crippen LogP contribution in [0.5, 0.6) is 0 Å². The fourth-order valence-electron chi connectivity index (χ4n) is 4.18. The molecule has 5 nitrogen and oxygen atoms in total. The first kappa shape index (κ1) is 22.4. The molecule has 33 heavy (non-hydrogen) atoms. The topological polar surface area (TPSA) is 75.6 Å². The number of halogens is 3. The van der Waals surface area contributed by atoms with Crippen molar-refractivity contribution in [1.29, 1.82) is 0 Å². The van der Waals surface area contributed by atoms with E-state index < -0.39 is 36.3 Å². The summed E-state index contributed by atoms with van der Waals surface area (Å²) in [5.41, 5.74) is 2.88. The lowest BCUT2D eigenvalue weighted by Crippen LogP contribution is -2.43. The molecule has 3 aromatic rings. The van der Waals surface area contributed by atoms with E-state index in [4.69, 9.17) is 4.74 Å². The van der Waals surface area contributed by atoms with Crippen molar-refractivity contribution < 1.29 is 32.6 Å². The number of ether oxygens (including phenoxy) is 1. The van der Waals surface area contributed by atoms with Crippen LogP contribution in [0.1, 0.15) is 28.2 Å². The SMILES string of the molecule is O=C(N[C@H](Cc1ccccc1C(F)(F)F)C(=O)O)OCC1c2ccccc2-c2ccccc21. The third kappa shape index (κ3) is 4.69. The molecule has 0 aliphatic heterocycles. The fourth-order valence-corrected chi connectivity index (χ4v) is 4.18. The van der Waals surface area contributed by atoms with Crippen LogP contribution in [-0.4, -0.2) is 29.8 Å². The van der Waals surface area contributed by atoms with Crippen molar-refractivity contribution in [2.45, 2.75) is 24.6 Å². The first-order valence-corrected chi connectivity index (χ1v) is 10.2. The summed E-state index contributed by atoms with van der Waals surface area (Å²) in [4.78, 5) is 24.0. The molecule has 170 valence electrons. The number of rotatable bonds is 6. The summed E-state index contributed by atoms with van der Waals surface area (Å²) in [6.07, 6.45) is -6.17. The second kappa shape index (κ2) is 8.97. The fraction of sp³-hybridized carbons (Fsp3) is 0.200. The number of carboxylic acids is 1. The van der Waals surface area contributed by atoms with Crippen molar-refractivity contribution in [3.8, 4) is 11.1 Å². The molecule has 4 rings (SSSR count). The number of carbonyl (C=O) groups is 2. The monoisotopic (exact) mass is 455 g/mol. The van der Waals surface area contributed by atoms with Gasteiger partial charge in [0.15, 0.2) is 0 Å². The molecule has 0 spiro atoms. The molecule has 8 heteroatoms. The van der Waals surface area contributed by atoms with Gasteiger partial charge < -0.3 is 15.2 Å². The van der Waals surface area contributed by atoms with E-state index in [0.717, 1.165) is 28.3 Å². The molecule has 0 saturated heterocycles. The summed E-state index contributed by atoms with van der Waals surface area (Å²) >= 11 is 0. The summed E-state index contributed by atoms with van der Waals surface area (Å²) in [6.45, 7) is -0.0364. The lowest BCUT2D eigenvalue weighted by Gasteiger charge is -2.19. The van der Waals surface area contributed by atoms with E-state index in [2.05, 4.69) is 5.32 Å². The van der Waals surface area contributed by atoms with E-state index in [1.54, 1.807) is 0 Å². The summed E-state index contributed by atoms with van der Waals surface area (Å²) in [5, 5.41) is 11.7. The molecule has 0 fully saturated rings. The van der Waals surface area contributed by atoms with E-state index in [1.807, 2.05) is 48.5 Å². The van der Waals surface area contributed by atoms with Crippen LogP contribution in [0.2, 0.25) is 0 Å². The maximum absolute atomic E-state index is 13.2. The van der Waals surface area contributed by atoms with Gasteiger partial charge in [-0.2, -0.15) is 13.2 Å². The second-order valence-corrected chi connectivity index (χ2v) is 7.72. The Balaban J connectivity index is 1.46. The predicted octanol–water partition coefficient (Wildman–Crippen LogP) is 5.24. The van der Waals surface area contributed by atoms with Gasteiger partial charge in [0.1, 0.15) is 12.6 Å². The maximum Gasteiger partial charge on any atom is 0.416 e. The van der Waals surface area contributed by atoms with Crippen LogP contribution in [0.3, 0.4) is 0 Å². The largest absolute Gasteiger partial charge is 0.480 e. The number of carbonyl (C=O) groups excluding carboxylic acids is 1. The van der Waals surface area contributed by atoms with Crippen molar-refractivity contribution in [2.24, 2.45) is 0 Å². The van der Waals surface area contributed by atoms with E-state index in [9.17, 15) is 27.9 Å². The average Bonchev–Trinajstić information content (AvgIpc) is 3.10. The number of alkyl carbamates (subject to hydrolysis) is 1. The van der Waals surface area contributed by atoms with Crippen LogP contribution in [0.25, 0.3) is 11.1 Å². The molecule has 0 bridgehead atoms. The zero-order chi connectivity index (χ0) is 23.6. The maximum atomic E-state index is 13.2. The Morgan fingerprint density at radius 3 is 2.03 bits per heavy atom. The van der Waals surface area contributed by atoms with Crippen LogP contribution in [0.15, 0.2) is 72.8 Å². The average molecular weight is 455 g/mol. The van der Waals surface area contributed by atoms with Crippen LogP contribution in [0, 0.1) is 0 Å². The van der Waals surface area contributed by atoms with Crippen LogP contribution in [-0.2, 0) is 22.1 Å². The van der Waals surface area contributed by atoms with Crippen molar-refractivity contribution in [1.82, 2.24) is 5.32 Å². The zero-order valence-corrected chi connectivity index (χ0v) is 17.3. The van der Waals surface area contributed by atoms with Crippen molar-refractivity contribution >= 4 is 12.1 Å². The summed E-state index contributed by atoms with van der Waals surface area (Å²) in [7, 11) is 0. The number of aliphatic carboxylic acids is 1. The molecular weight excluding hydrogens is 435 g/mol. The molecule has 1 amide bonds. The Hall–Kier alpha value is -3.81. The van der Waals surface area contributed by atoms with E-state index in [1.165, 1.54) is 18.2 Å². The minimum atomic E-state index is -4.64. The second-order valence-electron chi connectivity index (χ2n) is 7.72. The van der Waals surface area contributed by atoms with Gasteiger partial charge in [-0.1, -0.05) is 66.7 Å². The van der Waals surface area contributed by atoms with Crippen LogP contribution < -0.4 is 5.32 Å². The van der Waals surface area contributed by atoms with Gasteiger partial charge in [0.25, 0.3) is 0 Å². The molecule has 0 radical (unpaired) electrons. The zero-order valence-electron chi connectivity index (χ0n) is 17.3. The van der Waals surface area contributed by atoms with Gasteiger partial charge in [-0.3, -0.25) is 0 Å². The van der Waals surface area contributed by atoms with Crippen molar-refractivity contribution in [3.63, 3.8) is 0 Å². The lowest BCUT2D eigenvalue weighted by atomic mass is 9.98. The van der Waals surface area contributed by atoms with E-state index in [0.29, 0.717) is 0 Å².